The van der Waals surface area contributed by atoms with Gasteiger partial charge in [0.05, 0.1) is 0 Å². The Bertz CT molecular complexity index is 372. The van der Waals surface area contributed by atoms with Crippen LogP contribution in [0.25, 0.3) is 0 Å². The van der Waals surface area contributed by atoms with Crippen LogP contribution in [0, 0.1) is 41.4 Å². The van der Waals surface area contributed by atoms with Gasteiger partial charge in [-0.1, -0.05) is 25.7 Å². The third-order valence-corrected chi connectivity index (χ3v) is 7.81. The Labute approximate surface area is 147 Å². The van der Waals surface area contributed by atoms with E-state index in [9.17, 15) is 15.3 Å². The summed E-state index contributed by atoms with van der Waals surface area (Å²) in [6.07, 6.45) is 13.7. The molecule has 3 rings (SSSR count). The van der Waals surface area contributed by atoms with Crippen molar-refractivity contribution in [3.05, 3.63) is 0 Å². The molecule has 0 amide bonds. The summed E-state index contributed by atoms with van der Waals surface area (Å²) in [5, 5.41) is 29.3. The molecule has 3 fully saturated rings. The van der Waals surface area contributed by atoms with Gasteiger partial charge in [0, 0.05) is 19.8 Å². The Hall–Kier alpha value is -0.120. The molecule has 0 radical (unpaired) electrons. The van der Waals surface area contributed by atoms with Crippen LogP contribution in [0.5, 0.6) is 0 Å². The molecule has 0 spiro atoms. The van der Waals surface area contributed by atoms with Gasteiger partial charge in [0.1, 0.15) is 0 Å². The van der Waals surface area contributed by atoms with Crippen molar-refractivity contribution in [2.75, 3.05) is 19.8 Å². The fourth-order valence-corrected chi connectivity index (χ4v) is 6.51. The highest BCUT2D eigenvalue weighted by Gasteiger charge is 2.41. The minimum Gasteiger partial charge on any atom is -0.396 e. The lowest BCUT2D eigenvalue weighted by Gasteiger charge is -2.46. The molecule has 3 aliphatic rings. The van der Waals surface area contributed by atoms with Gasteiger partial charge < -0.3 is 15.3 Å². The predicted molar refractivity (Wildman–Crippen MR) is 96.5 cm³/mol. The molecule has 7 atom stereocenters. The van der Waals surface area contributed by atoms with Crippen molar-refractivity contribution in [3.8, 4) is 0 Å². The number of hydrogen-bond donors (Lipinski definition) is 3. The quantitative estimate of drug-likeness (QED) is 0.718. The van der Waals surface area contributed by atoms with Crippen molar-refractivity contribution in [2.24, 2.45) is 41.4 Å². The molecule has 0 bridgehead atoms. The summed E-state index contributed by atoms with van der Waals surface area (Å²) in [4.78, 5) is 0. The van der Waals surface area contributed by atoms with Gasteiger partial charge in [-0.2, -0.15) is 0 Å². The van der Waals surface area contributed by atoms with Gasteiger partial charge in [-0.15, -0.1) is 0 Å². The van der Waals surface area contributed by atoms with Crippen molar-refractivity contribution >= 4 is 0 Å². The van der Waals surface area contributed by atoms with E-state index in [2.05, 4.69) is 0 Å². The maximum atomic E-state index is 10.1. The number of rotatable bonds is 5. The molecule has 0 aromatic rings. The summed E-state index contributed by atoms with van der Waals surface area (Å²) >= 11 is 0. The molecule has 7 unspecified atom stereocenters. The van der Waals surface area contributed by atoms with Crippen LogP contribution in [-0.2, 0) is 0 Å². The normalized spacial score (nSPS) is 44.4. The largest absolute Gasteiger partial charge is 0.396 e. The average molecular weight is 339 g/mol. The molecule has 3 heteroatoms. The molecule has 3 N–H and O–H groups in total. The van der Waals surface area contributed by atoms with Gasteiger partial charge in [0.25, 0.3) is 0 Å². The minimum absolute atomic E-state index is 0.331. The molecule has 0 aromatic heterocycles. The lowest BCUT2D eigenvalue weighted by atomic mass is 9.60. The van der Waals surface area contributed by atoms with Crippen molar-refractivity contribution in [3.63, 3.8) is 0 Å². The smallest absolute Gasteiger partial charge is 0.0462 e. The second-order valence-corrected chi connectivity index (χ2v) is 9.05. The van der Waals surface area contributed by atoms with Crippen molar-refractivity contribution in [1.29, 1.82) is 0 Å². The van der Waals surface area contributed by atoms with E-state index < -0.39 is 0 Å². The Kier molecular flexibility index (Phi) is 7.00. The first-order valence-electron chi connectivity index (χ1n) is 10.6. The Balaban J connectivity index is 1.61. The highest BCUT2D eigenvalue weighted by atomic mass is 16.3. The molecule has 140 valence electrons. The Morgan fingerprint density at radius 2 is 1.25 bits per heavy atom. The third kappa shape index (κ3) is 4.16. The second kappa shape index (κ2) is 9.00. The zero-order chi connectivity index (χ0) is 16.9. The van der Waals surface area contributed by atoms with Crippen molar-refractivity contribution in [1.82, 2.24) is 0 Å². The topological polar surface area (TPSA) is 60.7 Å². The highest BCUT2D eigenvalue weighted by molar-refractivity contribution is 4.91. The summed E-state index contributed by atoms with van der Waals surface area (Å²) in [7, 11) is 0. The molecule has 0 saturated heterocycles. The molecular formula is C21H38O3. The molecule has 3 aliphatic carbocycles. The Morgan fingerprint density at radius 1 is 0.542 bits per heavy atom. The van der Waals surface area contributed by atoms with E-state index in [1.165, 1.54) is 70.6 Å². The number of hydrogen-bond acceptors (Lipinski definition) is 3. The first-order valence-corrected chi connectivity index (χ1v) is 10.6. The standard InChI is InChI=1S/C21H38O3/c22-12-15-4-3-6-16(10-15)21-9-8-17(11-19(21)14-24)20-7-2-1-5-18(20)13-23/h15-24H,1-14H2. The monoisotopic (exact) mass is 338 g/mol. The lowest BCUT2D eigenvalue weighted by molar-refractivity contribution is 0.00189. The predicted octanol–water partition coefficient (Wildman–Crippen LogP) is 3.61. The van der Waals surface area contributed by atoms with Gasteiger partial charge in [0.2, 0.25) is 0 Å². The van der Waals surface area contributed by atoms with Crippen LogP contribution >= 0.6 is 0 Å². The zero-order valence-corrected chi connectivity index (χ0v) is 15.3. The van der Waals surface area contributed by atoms with Crippen LogP contribution in [0.15, 0.2) is 0 Å². The van der Waals surface area contributed by atoms with Crippen LogP contribution in [-0.4, -0.2) is 35.1 Å². The average Bonchev–Trinajstić information content (AvgIpc) is 2.67. The fraction of sp³-hybridized carbons (Fsp3) is 1.00. The molecule has 24 heavy (non-hydrogen) atoms. The van der Waals surface area contributed by atoms with E-state index in [0.717, 1.165) is 0 Å². The molecular weight excluding hydrogens is 300 g/mol. The van der Waals surface area contributed by atoms with Gasteiger partial charge >= 0.3 is 0 Å². The summed E-state index contributed by atoms with van der Waals surface area (Å²) in [6.45, 7) is 1.03. The van der Waals surface area contributed by atoms with E-state index >= 15 is 0 Å². The summed E-state index contributed by atoms with van der Waals surface area (Å²) < 4.78 is 0. The van der Waals surface area contributed by atoms with Gasteiger partial charge in [-0.25, -0.2) is 0 Å². The van der Waals surface area contributed by atoms with E-state index in [-0.39, 0.29) is 0 Å². The van der Waals surface area contributed by atoms with E-state index in [1.807, 2.05) is 0 Å². The molecule has 0 aliphatic heterocycles. The van der Waals surface area contributed by atoms with Crippen molar-refractivity contribution in [2.45, 2.75) is 70.6 Å². The lowest BCUT2D eigenvalue weighted by Crippen LogP contribution is -2.39. The first kappa shape index (κ1) is 18.7. The van der Waals surface area contributed by atoms with Crippen LogP contribution in [0.1, 0.15) is 70.6 Å². The molecule has 0 heterocycles. The van der Waals surface area contributed by atoms with E-state index in [0.29, 0.717) is 61.2 Å². The number of aliphatic hydroxyl groups is 3. The summed E-state index contributed by atoms with van der Waals surface area (Å²) in [6, 6.07) is 0. The highest BCUT2D eigenvalue weighted by Crippen LogP contribution is 2.49. The van der Waals surface area contributed by atoms with Gasteiger partial charge in [-0.3, -0.25) is 0 Å². The fourth-order valence-electron chi connectivity index (χ4n) is 6.51. The third-order valence-electron chi connectivity index (χ3n) is 7.81. The molecule has 0 aromatic carbocycles. The van der Waals surface area contributed by atoms with E-state index in [1.54, 1.807) is 0 Å². The van der Waals surface area contributed by atoms with Gasteiger partial charge in [0.15, 0.2) is 0 Å². The summed E-state index contributed by atoms with van der Waals surface area (Å²) in [5.74, 6) is 4.24. The first-order chi connectivity index (χ1) is 11.8. The minimum atomic E-state index is 0.331. The van der Waals surface area contributed by atoms with Crippen LogP contribution in [0.3, 0.4) is 0 Å². The summed E-state index contributed by atoms with van der Waals surface area (Å²) in [5.41, 5.74) is 0. The molecule has 3 nitrogen and oxygen atoms in total. The molecule has 3 saturated carbocycles. The SMILES string of the molecule is OCC1CCCC(C2CCC(C3CCCCC3CO)CC2CO)C1. The maximum Gasteiger partial charge on any atom is 0.0462 e. The zero-order valence-electron chi connectivity index (χ0n) is 15.3. The van der Waals surface area contributed by atoms with E-state index in [4.69, 9.17) is 0 Å². The second-order valence-electron chi connectivity index (χ2n) is 9.05. The van der Waals surface area contributed by atoms with Gasteiger partial charge in [-0.05, 0) is 86.4 Å². The Morgan fingerprint density at radius 3 is 2.00 bits per heavy atom. The van der Waals surface area contributed by atoms with Crippen molar-refractivity contribution < 1.29 is 15.3 Å². The van der Waals surface area contributed by atoms with Crippen LogP contribution in [0.2, 0.25) is 0 Å². The maximum absolute atomic E-state index is 10.1. The van der Waals surface area contributed by atoms with Crippen LogP contribution < -0.4 is 0 Å². The van der Waals surface area contributed by atoms with Crippen LogP contribution in [0.4, 0.5) is 0 Å². The number of aliphatic hydroxyl groups excluding tert-OH is 3.